The summed E-state index contributed by atoms with van der Waals surface area (Å²) in [5.74, 6) is -0.0604. The van der Waals surface area contributed by atoms with E-state index in [0.717, 1.165) is 5.56 Å². The number of esters is 1. The van der Waals surface area contributed by atoms with E-state index in [-0.39, 0.29) is 13.0 Å². The van der Waals surface area contributed by atoms with Crippen LogP contribution in [-0.4, -0.2) is 18.8 Å². The molecule has 0 aliphatic heterocycles. The Morgan fingerprint density at radius 1 is 1.36 bits per heavy atom. The number of carbonyl (C=O) groups excluding carboxylic acids is 2. The zero-order valence-corrected chi connectivity index (χ0v) is 7.53. The van der Waals surface area contributed by atoms with Gasteiger partial charge >= 0.3 is 5.97 Å². The van der Waals surface area contributed by atoms with Crippen LogP contribution in [0.3, 0.4) is 0 Å². The number of carbonyl (C=O) groups is 1. The molecule has 0 amide bonds. The molecule has 1 aromatic rings. The molecule has 0 unspecified atom stereocenters. The molecule has 0 saturated heterocycles. The van der Waals surface area contributed by atoms with Crippen LogP contribution in [0.2, 0.25) is 0 Å². The normalized spacial score (nSPS) is 9.50. The van der Waals surface area contributed by atoms with Gasteiger partial charge in [-0.05, 0) is 17.7 Å². The highest BCUT2D eigenvalue weighted by Gasteiger charge is 2.01. The van der Waals surface area contributed by atoms with Crippen molar-refractivity contribution in [2.75, 3.05) is 6.54 Å². The minimum Gasteiger partial charge on any atom is -0.426 e. The van der Waals surface area contributed by atoms with Gasteiger partial charge in [-0.25, -0.2) is 0 Å². The van der Waals surface area contributed by atoms with Crippen molar-refractivity contribution in [2.24, 2.45) is 5.73 Å². The van der Waals surface area contributed by atoms with Crippen LogP contribution in [0.1, 0.15) is 5.56 Å². The van der Waals surface area contributed by atoms with Crippen molar-refractivity contribution in [3.8, 4) is 5.75 Å². The standard InChI is InChI=1S/C10H10NO3/c11-7-10(13)14-9-3-1-8(2-4-9)5-6-12/h1-4H,5,7,11H2. The molecule has 1 rings (SSSR count). The summed E-state index contributed by atoms with van der Waals surface area (Å²) in [7, 11) is 0. The Hall–Kier alpha value is -1.68. The second kappa shape index (κ2) is 5.14. The first-order valence-corrected chi connectivity index (χ1v) is 4.11. The first-order valence-electron chi connectivity index (χ1n) is 4.11. The number of hydrogen-bond donors (Lipinski definition) is 1. The molecular formula is C10H10NO3. The molecule has 0 heterocycles. The first kappa shape index (κ1) is 10.4. The van der Waals surface area contributed by atoms with Gasteiger partial charge in [-0.15, -0.1) is 0 Å². The monoisotopic (exact) mass is 192 g/mol. The maximum Gasteiger partial charge on any atom is 0.325 e. The fourth-order valence-electron chi connectivity index (χ4n) is 0.932. The van der Waals surface area contributed by atoms with E-state index in [4.69, 9.17) is 10.5 Å². The molecule has 0 spiro atoms. The molecule has 1 radical (unpaired) electrons. The van der Waals surface area contributed by atoms with Crippen molar-refractivity contribution in [1.29, 1.82) is 0 Å². The van der Waals surface area contributed by atoms with Crippen LogP contribution in [0.15, 0.2) is 24.3 Å². The van der Waals surface area contributed by atoms with E-state index in [1.165, 1.54) is 0 Å². The van der Waals surface area contributed by atoms with E-state index in [0.29, 0.717) is 5.75 Å². The second-order valence-corrected chi connectivity index (χ2v) is 2.64. The van der Waals surface area contributed by atoms with Crippen molar-refractivity contribution in [2.45, 2.75) is 6.42 Å². The molecule has 0 atom stereocenters. The number of ether oxygens (including phenoxy) is 1. The van der Waals surface area contributed by atoms with Crippen LogP contribution in [0.4, 0.5) is 0 Å². The quantitative estimate of drug-likeness (QED) is 0.546. The van der Waals surface area contributed by atoms with Crippen molar-refractivity contribution in [3.63, 3.8) is 0 Å². The van der Waals surface area contributed by atoms with E-state index in [1.807, 2.05) is 0 Å². The van der Waals surface area contributed by atoms with E-state index < -0.39 is 5.97 Å². The van der Waals surface area contributed by atoms with E-state index in [1.54, 1.807) is 30.6 Å². The number of hydrogen-bond acceptors (Lipinski definition) is 4. The molecule has 0 aromatic heterocycles. The van der Waals surface area contributed by atoms with Gasteiger partial charge in [0.15, 0.2) is 0 Å². The van der Waals surface area contributed by atoms with Crippen LogP contribution in [-0.2, 0) is 16.0 Å². The maximum atomic E-state index is 10.8. The lowest BCUT2D eigenvalue weighted by molar-refractivity contribution is -0.132. The second-order valence-electron chi connectivity index (χ2n) is 2.64. The highest BCUT2D eigenvalue weighted by Crippen LogP contribution is 2.12. The number of nitrogens with two attached hydrogens (primary N) is 1. The minimum absolute atomic E-state index is 0.149. The summed E-state index contributed by atoms with van der Waals surface area (Å²) in [5, 5.41) is 0. The Labute approximate surface area is 81.7 Å². The van der Waals surface area contributed by atoms with E-state index in [9.17, 15) is 9.59 Å². The zero-order chi connectivity index (χ0) is 10.4. The molecular weight excluding hydrogens is 182 g/mol. The topological polar surface area (TPSA) is 69.4 Å². The first-order chi connectivity index (χ1) is 6.76. The molecule has 0 aliphatic carbocycles. The number of rotatable bonds is 4. The van der Waals surface area contributed by atoms with Gasteiger partial charge in [-0.1, -0.05) is 12.1 Å². The van der Waals surface area contributed by atoms with Crippen LogP contribution < -0.4 is 10.5 Å². The van der Waals surface area contributed by atoms with Gasteiger partial charge in [0.2, 0.25) is 6.29 Å². The van der Waals surface area contributed by atoms with Gasteiger partial charge in [-0.3, -0.25) is 9.59 Å². The lowest BCUT2D eigenvalue weighted by Crippen LogP contribution is -2.19. The predicted octanol–water partition coefficient (Wildman–Crippen LogP) is 0.203. The number of benzene rings is 1. The van der Waals surface area contributed by atoms with Crippen LogP contribution in [0.5, 0.6) is 5.75 Å². The summed E-state index contributed by atoms with van der Waals surface area (Å²) in [4.78, 5) is 20.8. The third-order valence-corrected chi connectivity index (χ3v) is 1.60. The molecule has 0 bridgehead atoms. The molecule has 2 N–H and O–H groups in total. The molecule has 1 aromatic carbocycles. The summed E-state index contributed by atoms with van der Waals surface area (Å²) >= 11 is 0. The van der Waals surface area contributed by atoms with Crippen LogP contribution >= 0.6 is 0 Å². The van der Waals surface area contributed by atoms with E-state index >= 15 is 0 Å². The minimum atomic E-state index is -0.486. The molecule has 73 valence electrons. The van der Waals surface area contributed by atoms with Crippen LogP contribution in [0, 0.1) is 0 Å². The molecule has 0 fully saturated rings. The summed E-state index contributed by atoms with van der Waals surface area (Å²) in [6.45, 7) is -0.149. The Morgan fingerprint density at radius 3 is 2.50 bits per heavy atom. The van der Waals surface area contributed by atoms with Gasteiger partial charge < -0.3 is 10.5 Å². The average molecular weight is 192 g/mol. The van der Waals surface area contributed by atoms with Gasteiger partial charge in [0.05, 0.1) is 6.54 Å². The van der Waals surface area contributed by atoms with Gasteiger partial charge in [0, 0.05) is 6.42 Å². The summed E-state index contributed by atoms with van der Waals surface area (Å²) in [6.07, 6.45) is 2.02. The summed E-state index contributed by atoms with van der Waals surface area (Å²) in [5.41, 5.74) is 5.90. The van der Waals surface area contributed by atoms with Crippen molar-refractivity contribution >= 4 is 12.3 Å². The molecule has 4 nitrogen and oxygen atoms in total. The predicted molar refractivity (Wildman–Crippen MR) is 50.5 cm³/mol. The Balaban J connectivity index is 2.63. The SMILES string of the molecule is NCC(=O)Oc1ccc(C[C]=O)cc1. The Kier molecular flexibility index (Phi) is 3.82. The van der Waals surface area contributed by atoms with E-state index in [2.05, 4.69) is 0 Å². The largest absolute Gasteiger partial charge is 0.426 e. The third-order valence-electron chi connectivity index (χ3n) is 1.60. The Morgan fingerprint density at radius 2 is 2.00 bits per heavy atom. The average Bonchev–Trinajstić information content (AvgIpc) is 2.21. The highest BCUT2D eigenvalue weighted by molar-refractivity contribution is 5.74. The highest BCUT2D eigenvalue weighted by atomic mass is 16.5. The maximum absolute atomic E-state index is 10.8. The smallest absolute Gasteiger partial charge is 0.325 e. The fourth-order valence-corrected chi connectivity index (χ4v) is 0.932. The lowest BCUT2D eigenvalue weighted by atomic mass is 10.2. The van der Waals surface area contributed by atoms with Crippen molar-refractivity contribution in [3.05, 3.63) is 29.8 Å². The summed E-state index contributed by atoms with van der Waals surface area (Å²) < 4.78 is 4.83. The van der Waals surface area contributed by atoms with Crippen molar-refractivity contribution < 1.29 is 14.3 Å². The van der Waals surface area contributed by atoms with Gasteiger partial charge in [-0.2, -0.15) is 0 Å². The van der Waals surface area contributed by atoms with Crippen LogP contribution in [0.25, 0.3) is 0 Å². The lowest BCUT2D eigenvalue weighted by Gasteiger charge is -2.02. The fraction of sp³-hybridized carbons (Fsp3) is 0.200. The molecule has 4 heteroatoms. The third kappa shape index (κ3) is 2.99. The summed E-state index contributed by atoms with van der Waals surface area (Å²) in [6, 6.07) is 6.62. The van der Waals surface area contributed by atoms with Crippen molar-refractivity contribution in [1.82, 2.24) is 0 Å². The van der Waals surface area contributed by atoms with Gasteiger partial charge in [0.1, 0.15) is 5.75 Å². The molecule has 0 aliphatic rings. The van der Waals surface area contributed by atoms with Gasteiger partial charge in [0.25, 0.3) is 0 Å². The molecule has 0 saturated carbocycles. The Bertz CT molecular complexity index is 319. The zero-order valence-electron chi connectivity index (χ0n) is 7.53. The molecule has 14 heavy (non-hydrogen) atoms.